The van der Waals surface area contributed by atoms with Crippen molar-refractivity contribution < 1.29 is 9.59 Å². The van der Waals surface area contributed by atoms with Crippen molar-refractivity contribution in [2.75, 3.05) is 5.32 Å². The number of aromatic nitrogens is 3. The summed E-state index contributed by atoms with van der Waals surface area (Å²) in [7, 11) is 0. The van der Waals surface area contributed by atoms with Crippen molar-refractivity contribution in [2.24, 2.45) is 0 Å². The van der Waals surface area contributed by atoms with Crippen LogP contribution in [0.1, 0.15) is 25.3 Å². The minimum absolute atomic E-state index is 0.0861. The largest absolute Gasteiger partial charge is 0.344 e. The zero-order chi connectivity index (χ0) is 17.6. The number of pyridine rings is 1. The Morgan fingerprint density at radius 2 is 1.84 bits per heavy atom. The summed E-state index contributed by atoms with van der Waals surface area (Å²) in [6.07, 6.45) is 1.64. The average molecular weight is 374 g/mol. The number of carbonyl (C=O) groups excluding carboxylic acids is 2. The van der Waals surface area contributed by atoms with Crippen LogP contribution in [-0.4, -0.2) is 27.0 Å². The molecule has 0 spiro atoms. The molecule has 3 aromatic rings. The van der Waals surface area contributed by atoms with Gasteiger partial charge < -0.3 is 10.6 Å². The van der Waals surface area contributed by atoms with E-state index in [4.69, 9.17) is 11.6 Å². The molecule has 0 aliphatic rings. The van der Waals surface area contributed by atoms with Crippen LogP contribution in [-0.2, 0) is 6.54 Å². The van der Waals surface area contributed by atoms with Crippen LogP contribution in [0.15, 0.2) is 48.7 Å². The van der Waals surface area contributed by atoms with Crippen LogP contribution in [0, 0.1) is 0 Å². The Labute approximate surface area is 152 Å². The lowest BCUT2D eigenvalue weighted by Crippen LogP contribution is -2.23. The van der Waals surface area contributed by atoms with E-state index in [0.29, 0.717) is 10.7 Å². The zero-order valence-electron chi connectivity index (χ0n) is 12.8. The first-order valence-electron chi connectivity index (χ1n) is 7.20. The van der Waals surface area contributed by atoms with Crippen molar-refractivity contribution in [1.29, 1.82) is 0 Å². The predicted molar refractivity (Wildman–Crippen MR) is 94.7 cm³/mol. The van der Waals surface area contributed by atoms with Crippen LogP contribution in [0.25, 0.3) is 0 Å². The molecule has 3 rings (SSSR count). The number of amides is 2. The fraction of sp³-hybridized carbons (Fsp3) is 0.0625. The maximum absolute atomic E-state index is 12.2. The number of benzene rings is 1. The molecule has 2 amide bonds. The van der Waals surface area contributed by atoms with E-state index in [2.05, 4.69) is 25.8 Å². The molecule has 0 unspecified atom stereocenters. The normalized spacial score (nSPS) is 10.3. The molecule has 0 aliphatic heterocycles. The van der Waals surface area contributed by atoms with Gasteiger partial charge in [-0.05, 0) is 30.3 Å². The molecule has 0 saturated heterocycles. The highest BCUT2D eigenvalue weighted by Gasteiger charge is 2.17. The first kappa shape index (κ1) is 17.0. The number of nitrogens with one attached hydrogen (secondary N) is 2. The van der Waals surface area contributed by atoms with E-state index in [0.717, 1.165) is 17.0 Å². The van der Waals surface area contributed by atoms with E-state index in [-0.39, 0.29) is 16.6 Å². The second-order valence-corrected chi connectivity index (χ2v) is 6.29. The highest BCUT2D eigenvalue weighted by molar-refractivity contribution is 7.15. The minimum Gasteiger partial charge on any atom is -0.344 e. The van der Waals surface area contributed by atoms with E-state index >= 15 is 0 Å². The van der Waals surface area contributed by atoms with Gasteiger partial charge in [0.25, 0.3) is 11.8 Å². The number of anilines is 1. The Morgan fingerprint density at radius 3 is 2.56 bits per heavy atom. The summed E-state index contributed by atoms with van der Waals surface area (Å²) in [4.78, 5) is 28.3. The van der Waals surface area contributed by atoms with Crippen LogP contribution in [0.3, 0.4) is 0 Å². The molecule has 2 heterocycles. The van der Waals surface area contributed by atoms with Crippen molar-refractivity contribution in [3.05, 3.63) is 69.4 Å². The van der Waals surface area contributed by atoms with Crippen molar-refractivity contribution >= 4 is 40.4 Å². The van der Waals surface area contributed by atoms with E-state index in [1.54, 1.807) is 42.6 Å². The Kier molecular flexibility index (Phi) is 5.32. The van der Waals surface area contributed by atoms with Crippen molar-refractivity contribution in [3.63, 3.8) is 0 Å². The molecule has 9 heteroatoms. The van der Waals surface area contributed by atoms with Crippen molar-refractivity contribution in [1.82, 2.24) is 20.5 Å². The lowest BCUT2D eigenvalue weighted by molar-refractivity contribution is 0.0948. The number of rotatable bonds is 5. The number of hydrogen-bond donors (Lipinski definition) is 2. The Hall–Kier alpha value is -2.84. The van der Waals surface area contributed by atoms with Crippen molar-refractivity contribution in [3.8, 4) is 0 Å². The molecule has 0 bridgehead atoms. The Bertz CT molecular complexity index is 900. The van der Waals surface area contributed by atoms with Gasteiger partial charge in [0.05, 0.1) is 12.2 Å². The van der Waals surface area contributed by atoms with E-state index < -0.39 is 11.8 Å². The standard InChI is InChI=1S/C16H12ClN5O2S/c17-10-4-3-6-11(8-10)20-14(24)16-22-21-15(25-16)13(23)19-9-12-5-1-2-7-18-12/h1-8H,9H2,(H,19,23)(H,20,24). The summed E-state index contributed by atoms with van der Waals surface area (Å²) < 4.78 is 0. The fourth-order valence-corrected chi connectivity index (χ4v) is 2.75. The summed E-state index contributed by atoms with van der Waals surface area (Å²) in [5.41, 5.74) is 1.26. The quantitative estimate of drug-likeness (QED) is 0.716. The summed E-state index contributed by atoms with van der Waals surface area (Å²) in [5, 5.41) is 13.5. The maximum Gasteiger partial charge on any atom is 0.286 e. The van der Waals surface area contributed by atoms with Gasteiger partial charge in [0.15, 0.2) is 0 Å². The molecule has 126 valence electrons. The molecular formula is C16H12ClN5O2S. The number of carbonyl (C=O) groups is 2. The third-order valence-corrected chi connectivity index (χ3v) is 4.21. The van der Waals surface area contributed by atoms with Crippen LogP contribution < -0.4 is 10.6 Å². The van der Waals surface area contributed by atoms with E-state index in [1.165, 1.54) is 0 Å². The monoisotopic (exact) mass is 373 g/mol. The molecule has 7 nitrogen and oxygen atoms in total. The predicted octanol–water partition coefficient (Wildman–Crippen LogP) is 2.77. The van der Waals surface area contributed by atoms with Crippen LogP contribution in [0.4, 0.5) is 5.69 Å². The maximum atomic E-state index is 12.2. The van der Waals surface area contributed by atoms with Gasteiger partial charge in [0.2, 0.25) is 10.0 Å². The molecule has 0 atom stereocenters. The number of hydrogen-bond acceptors (Lipinski definition) is 6. The summed E-state index contributed by atoms with van der Waals surface area (Å²) >= 11 is 6.78. The molecular weight excluding hydrogens is 362 g/mol. The van der Waals surface area contributed by atoms with Gasteiger partial charge in [0.1, 0.15) is 0 Å². The first-order valence-corrected chi connectivity index (χ1v) is 8.40. The van der Waals surface area contributed by atoms with Gasteiger partial charge in [-0.25, -0.2) is 0 Å². The van der Waals surface area contributed by atoms with Gasteiger partial charge in [-0.2, -0.15) is 0 Å². The van der Waals surface area contributed by atoms with E-state index in [9.17, 15) is 9.59 Å². The SMILES string of the molecule is O=C(NCc1ccccn1)c1nnc(C(=O)Nc2cccc(Cl)c2)s1. The van der Waals surface area contributed by atoms with Gasteiger partial charge in [0, 0.05) is 16.9 Å². The highest BCUT2D eigenvalue weighted by atomic mass is 35.5. The molecule has 2 aromatic heterocycles. The minimum atomic E-state index is -0.455. The molecule has 0 radical (unpaired) electrons. The van der Waals surface area contributed by atoms with Crippen LogP contribution in [0.2, 0.25) is 5.02 Å². The second kappa shape index (κ2) is 7.82. The molecule has 0 fully saturated rings. The molecule has 0 saturated carbocycles. The molecule has 1 aromatic carbocycles. The number of halogens is 1. The third kappa shape index (κ3) is 4.59. The molecule has 2 N–H and O–H groups in total. The Morgan fingerprint density at radius 1 is 1.04 bits per heavy atom. The van der Waals surface area contributed by atoms with Crippen molar-refractivity contribution in [2.45, 2.75) is 6.54 Å². The first-order chi connectivity index (χ1) is 12.1. The zero-order valence-corrected chi connectivity index (χ0v) is 14.3. The molecule has 0 aliphatic carbocycles. The number of nitrogens with zero attached hydrogens (tertiary/aromatic N) is 3. The molecule has 25 heavy (non-hydrogen) atoms. The van der Waals surface area contributed by atoms with E-state index in [1.807, 2.05) is 6.07 Å². The fourth-order valence-electron chi connectivity index (χ4n) is 1.91. The lowest BCUT2D eigenvalue weighted by Gasteiger charge is -2.02. The van der Waals surface area contributed by atoms with Crippen LogP contribution in [0.5, 0.6) is 0 Å². The van der Waals surface area contributed by atoms with Crippen LogP contribution >= 0.6 is 22.9 Å². The summed E-state index contributed by atoms with van der Waals surface area (Å²) in [6.45, 7) is 0.267. The second-order valence-electron chi connectivity index (χ2n) is 4.88. The smallest absolute Gasteiger partial charge is 0.286 e. The Balaban J connectivity index is 1.61. The lowest BCUT2D eigenvalue weighted by atomic mass is 10.3. The third-order valence-electron chi connectivity index (χ3n) is 3.05. The van der Waals surface area contributed by atoms with Gasteiger partial charge in [-0.3, -0.25) is 14.6 Å². The van der Waals surface area contributed by atoms with Gasteiger partial charge >= 0.3 is 0 Å². The van der Waals surface area contributed by atoms with Gasteiger partial charge in [-0.15, -0.1) is 10.2 Å². The topological polar surface area (TPSA) is 96.9 Å². The summed E-state index contributed by atoms with van der Waals surface area (Å²) in [5.74, 6) is -0.867. The van der Waals surface area contributed by atoms with Gasteiger partial charge in [-0.1, -0.05) is 35.1 Å². The summed E-state index contributed by atoms with van der Waals surface area (Å²) in [6, 6.07) is 12.1. The average Bonchev–Trinajstić information content (AvgIpc) is 3.11. The highest BCUT2D eigenvalue weighted by Crippen LogP contribution is 2.17.